The van der Waals surface area contributed by atoms with Crippen molar-refractivity contribution in [1.29, 1.82) is 0 Å². The minimum absolute atomic E-state index is 0. The number of hydrogen-bond donors (Lipinski definition) is 1. The van der Waals surface area contributed by atoms with Crippen molar-refractivity contribution in [2.75, 3.05) is 13.7 Å². The number of carboxylic acids is 1. The zero-order valence-electron chi connectivity index (χ0n) is 8.49. The van der Waals surface area contributed by atoms with E-state index < -0.39 is 11.9 Å². The molecule has 6 heteroatoms. The maximum absolute atomic E-state index is 10.9. The van der Waals surface area contributed by atoms with Gasteiger partial charge in [-0.25, -0.2) is 0 Å². The van der Waals surface area contributed by atoms with Crippen LogP contribution in [0.3, 0.4) is 0 Å². The van der Waals surface area contributed by atoms with Crippen LogP contribution in [-0.2, 0) is 38.5 Å². The number of carbonyl (C=O) groups is 2. The number of methoxy groups -OCH3 is 1. The van der Waals surface area contributed by atoms with Crippen LogP contribution in [0.5, 0.6) is 0 Å². The third-order valence-corrected chi connectivity index (χ3v) is 1.28. The number of esters is 1. The van der Waals surface area contributed by atoms with Gasteiger partial charge in [0.1, 0.15) is 6.10 Å². The van der Waals surface area contributed by atoms with E-state index in [9.17, 15) is 9.59 Å². The SMILES string of the molecule is COCC(C)OC(=O)CCC(=O)O.[Zn]. The van der Waals surface area contributed by atoms with Crippen molar-refractivity contribution >= 4 is 11.9 Å². The molecule has 0 bridgehead atoms. The van der Waals surface area contributed by atoms with Gasteiger partial charge < -0.3 is 14.6 Å². The Morgan fingerprint density at radius 1 is 1.36 bits per heavy atom. The van der Waals surface area contributed by atoms with Gasteiger partial charge in [0, 0.05) is 26.6 Å². The zero-order chi connectivity index (χ0) is 10.3. The smallest absolute Gasteiger partial charge is 0.306 e. The second-order valence-electron chi connectivity index (χ2n) is 2.65. The molecule has 0 aromatic heterocycles. The summed E-state index contributed by atoms with van der Waals surface area (Å²) >= 11 is 0. The Labute approximate surface area is 95.5 Å². The summed E-state index contributed by atoms with van der Waals surface area (Å²) in [4.78, 5) is 21.0. The maximum Gasteiger partial charge on any atom is 0.306 e. The molecular weight excluding hydrogens is 241 g/mol. The van der Waals surface area contributed by atoms with E-state index in [1.165, 1.54) is 7.11 Å². The van der Waals surface area contributed by atoms with Gasteiger partial charge in [0.2, 0.25) is 0 Å². The van der Waals surface area contributed by atoms with Crippen molar-refractivity contribution in [2.45, 2.75) is 25.9 Å². The van der Waals surface area contributed by atoms with Crippen molar-refractivity contribution in [3.8, 4) is 0 Å². The first-order valence-corrected chi connectivity index (χ1v) is 3.96. The number of hydrogen-bond acceptors (Lipinski definition) is 4. The number of rotatable bonds is 6. The van der Waals surface area contributed by atoms with Gasteiger partial charge in [-0.1, -0.05) is 0 Å². The maximum atomic E-state index is 10.9. The van der Waals surface area contributed by atoms with Crippen molar-refractivity contribution in [3.63, 3.8) is 0 Å². The summed E-state index contributed by atoms with van der Waals surface area (Å²) < 4.78 is 9.55. The Balaban J connectivity index is 0. The minimum atomic E-state index is -1.00. The summed E-state index contributed by atoms with van der Waals surface area (Å²) in [5.74, 6) is -1.51. The Kier molecular flexibility index (Phi) is 10.4. The number of carboxylic acid groups (broad SMARTS) is 1. The van der Waals surface area contributed by atoms with Crippen molar-refractivity contribution in [3.05, 3.63) is 0 Å². The molecule has 0 fully saturated rings. The van der Waals surface area contributed by atoms with Gasteiger partial charge in [-0.2, -0.15) is 0 Å². The molecule has 0 aromatic carbocycles. The molecule has 0 spiro atoms. The van der Waals surface area contributed by atoms with Gasteiger partial charge in [0.05, 0.1) is 19.4 Å². The first-order valence-electron chi connectivity index (χ1n) is 3.96. The molecule has 0 aliphatic carbocycles. The summed E-state index contributed by atoms with van der Waals surface area (Å²) in [7, 11) is 1.50. The fourth-order valence-electron chi connectivity index (χ4n) is 0.761. The molecule has 0 heterocycles. The van der Waals surface area contributed by atoms with Gasteiger partial charge >= 0.3 is 11.9 Å². The van der Waals surface area contributed by atoms with Crippen molar-refractivity contribution in [1.82, 2.24) is 0 Å². The Bertz CT molecular complexity index is 183. The Morgan fingerprint density at radius 2 is 1.93 bits per heavy atom. The topological polar surface area (TPSA) is 72.8 Å². The van der Waals surface area contributed by atoms with E-state index in [2.05, 4.69) is 0 Å². The average molecular weight is 256 g/mol. The van der Waals surface area contributed by atoms with Gasteiger partial charge in [0.25, 0.3) is 0 Å². The first-order chi connectivity index (χ1) is 6.06. The molecule has 0 amide bonds. The van der Waals surface area contributed by atoms with Crippen molar-refractivity contribution < 1.29 is 43.6 Å². The van der Waals surface area contributed by atoms with Gasteiger partial charge in [-0.3, -0.25) is 9.59 Å². The zero-order valence-corrected chi connectivity index (χ0v) is 11.5. The quantitative estimate of drug-likeness (QED) is 0.550. The van der Waals surface area contributed by atoms with Crippen LogP contribution >= 0.6 is 0 Å². The van der Waals surface area contributed by atoms with E-state index in [-0.39, 0.29) is 38.4 Å². The number of ether oxygens (including phenoxy) is 2. The van der Waals surface area contributed by atoms with E-state index in [0.29, 0.717) is 6.61 Å². The third kappa shape index (κ3) is 9.61. The third-order valence-electron chi connectivity index (χ3n) is 1.28. The van der Waals surface area contributed by atoms with Crippen LogP contribution < -0.4 is 0 Å². The average Bonchev–Trinajstić information content (AvgIpc) is 2.01. The number of carbonyl (C=O) groups excluding carboxylic acids is 1. The van der Waals surface area contributed by atoms with Gasteiger partial charge in [0.15, 0.2) is 0 Å². The van der Waals surface area contributed by atoms with Crippen LogP contribution in [0, 0.1) is 0 Å². The van der Waals surface area contributed by atoms with E-state index in [1.807, 2.05) is 0 Å². The van der Waals surface area contributed by atoms with E-state index in [0.717, 1.165) is 0 Å². The molecule has 1 atom stereocenters. The normalized spacial score (nSPS) is 11.3. The largest absolute Gasteiger partial charge is 0.481 e. The fraction of sp³-hybridized carbons (Fsp3) is 0.750. The van der Waals surface area contributed by atoms with Crippen LogP contribution in [0.15, 0.2) is 0 Å². The molecule has 0 saturated heterocycles. The van der Waals surface area contributed by atoms with Crippen molar-refractivity contribution in [2.24, 2.45) is 0 Å². The summed E-state index contributed by atoms with van der Waals surface area (Å²) in [5.41, 5.74) is 0. The number of aliphatic carboxylic acids is 1. The molecule has 0 saturated carbocycles. The first kappa shape index (κ1) is 16.0. The second-order valence-corrected chi connectivity index (χ2v) is 2.65. The van der Waals surface area contributed by atoms with Crippen LogP contribution in [0.4, 0.5) is 0 Å². The van der Waals surface area contributed by atoms with Gasteiger partial charge in [-0.15, -0.1) is 0 Å². The Morgan fingerprint density at radius 3 is 2.36 bits per heavy atom. The van der Waals surface area contributed by atoms with Gasteiger partial charge in [-0.05, 0) is 6.92 Å². The summed E-state index contributed by atoms with van der Waals surface area (Å²) in [6, 6.07) is 0. The van der Waals surface area contributed by atoms with E-state index >= 15 is 0 Å². The summed E-state index contributed by atoms with van der Waals surface area (Å²) in [6.45, 7) is 2.00. The molecule has 78 valence electrons. The molecule has 14 heavy (non-hydrogen) atoms. The van der Waals surface area contributed by atoms with Crippen LogP contribution in [-0.4, -0.2) is 36.9 Å². The standard InChI is InChI=1S/C8H14O5.Zn/c1-6(5-12-2)13-8(11)4-3-7(9)10;/h6H,3-5H2,1-2H3,(H,9,10);. The second kappa shape index (κ2) is 9.09. The fourth-order valence-corrected chi connectivity index (χ4v) is 0.761. The Hall–Kier alpha value is -0.477. The summed E-state index contributed by atoms with van der Waals surface area (Å²) in [5, 5.41) is 8.27. The molecule has 1 unspecified atom stereocenters. The van der Waals surface area contributed by atoms with Crippen LogP contribution in [0.1, 0.15) is 19.8 Å². The molecular formula is C8H14O5Zn. The molecule has 0 rings (SSSR count). The molecule has 5 nitrogen and oxygen atoms in total. The monoisotopic (exact) mass is 254 g/mol. The minimum Gasteiger partial charge on any atom is -0.481 e. The predicted molar refractivity (Wildman–Crippen MR) is 44.3 cm³/mol. The predicted octanol–water partition coefficient (Wildman–Crippen LogP) is 0.427. The van der Waals surface area contributed by atoms with E-state index in [4.69, 9.17) is 14.6 Å². The van der Waals surface area contributed by atoms with Crippen LogP contribution in [0.25, 0.3) is 0 Å². The molecule has 0 aliphatic heterocycles. The summed E-state index contributed by atoms with van der Waals surface area (Å²) in [6.07, 6.45) is -0.617. The molecule has 0 aromatic rings. The molecule has 0 aliphatic rings. The van der Waals surface area contributed by atoms with Crippen LogP contribution in [0.2, 0.25) is 0 Å². The van der Waals surface area contributed by atoms with E-state index in [1.54, 1.807) is 6.92 Å². The molecule has 0 radical (unpaired) electrons. The molecule has 1 N–H and O–H groups in total.